The second-order valence-corrected chi connectivity index (χ2v) is 10.7. The molecule has 1 aliphatic rings. The number of carbonyl (C=O) groups is 2. The fourth-order valence-corrected chi connectivity index (χ4v) is 5.42. The van der Waals surface area contributed by atoms with Crippen LogP contribution < -0.4 is 10.1 Å². The Morgan fingerprint density at radius 2 is 1.81 bits per heavy atom. The van der Waals surface area contributed by atoms with Gasteiger partial charge in [-0.25, -0.2) is 18.2 Å². The van der Waals surface area contributed by atoms with Crippen LogP contribution in [0.15, 0.2) is 71.9 Å². The lowest BCUT2D eigenvalue weighted by atomic mass is 10.0. The predicted octanol–water partition coefficient (Wildman–Crippen LogP) is 3.31. The van der Waals surface area contributed by atoms with E-state index < -0.39 is 15.9 Å². The molecule has 11 heteroatoms. The summed E-state index contributed by atoms with van der Waals surface area (Å²) in [7, 11) is -3.69. The van der Waals surface area contributed by atoms with Gasteiger partial charge in [0.05, 0.1) is 34.6 Å². The molecule has 2 amide bonds. The lowest BCUT2D eigenvalue weighted by Crippen LogP contribution is -2.32. The van der Waals surface area contributed by atoms with E-state index in [0.717, 1.165) is 33.5 Å². The summed E-state index contributed by atoms with van der Waals surface area (Å²) in [6.07, 6.45) is 0.367. The number of carboxylic acid groups (broad SMARTS) is 1. The number of carbonyl (C=O) groups excluding carboxylic acids is 1. The number of nitrogens with zero attached hydrogens (tertiary/aromatic N) is 2. The minimum Gasteiger partial charge on any atom is -0.491 e. The normalized spacial score (nSPS) is 13.5. The standard InChI is InChI=1S/C26H24N4O6S/c31-25(17-1-5-21(6-2-17)37(34,35)12-9-27-26(32)33)30-10-11-36-24-8-4-18(13-20(24)15-30)19-3-7-22-23(14-19)29-16-28-22/h1-8,13-14,16,27H,9-12,15H2,(H,28,29)(H,32,33). The van der Waals surface area contributed by atoms with Gasteiger partial charge in [-0.15, -0.1) is 0 Å². The number of benzene rings is 3. The van der Waals surface area contributed by atoms with Crippen molar-refractivity contribution in [2.24, 2.45) is 0 Å². The van der Waals surface area contributed by atoms with Crippen LogP contribution in [0.5, 0.6) is 5.75 Å². The van der Waals surface area contributed by atoms with Gasteiger partial charge in [0.2, 0.25) is 0 Å². The smallest absolute Gasteiger partial charge is 0.404 e. The van der Waals surface area contributed by atoms with E-state index in [1.54, 1.807) is 11.2 Å². The molecule has 3 N–H and O–H groups in total. The topological polar surface area (TPSA) is 142 Å². The number of fused-ring (bicyclic) bond motifs is 2. The highest BCUT2D eigenvalue weighted by Gasteiger charge is 2.23. The van der Waals surface area contributed by atoms with Crippen molar-refractivity contribution in [1.29, 1.82) is 0 Å². The predicted molar refractivity (Wildman–Crippen MR) is 136 cm³/mol. The first-order valence-corrected chi connectivity index (χ1v) is 13.2. The van der Waals surface area contributed by atoms with Gasteiger partial charge in [0.1, 0.15) is 12.4 Å². The molecule has 190 valence electrons. The van der Waals surface area contributed by atoms with E-state index in [4.69, 9.17) is 9.84 Å². The van der Waals surface area contributed by atoms with Crippen molar-refractivity contribution >= 4 is 32.9 Å². The van der Waals surface area contributed by atoms with Gasteiger partial charge >= 0.3 is 6.09 Å². The van der Waals surface area contributed by atoms with Crippen LogP contribution in [0.2, 0.25) is 0 Å². The number of H-pyrrole nitrogens is 1. The van der Waals surface area contributed by atoms with Crippen molar-refractivity contribution in [2.45, 2.75) is 11.4 Å². The molecule has 0 bridgehead atoms. The summed E-state index contributed by atoms with van der Waals surface area (Å²) in [4.78, 5) is 32.9. The molecular weight excluding hydrogens is 496 g/mol. The third-order valence-electron chi connectivity index (χ3n) is 6.19. The first-order valence-electron chi connectivity index (χ1n) is 11.6. The Labute approximate surface area is 212 Å². The molecule has 0 unspecified atom stereocenters. The lowest BCUT2D eigenvalue weighted by molar-refractivity contribution is 0.0733. The van der Waals surface area contributed by atoms with Gasteiger partial charge in [-0.2, -0.15) is 0 Å². The average Bonchev–Trinajstić information content (AvgIpc) is 3.25. The summed E-state index contributed by atoms with van der Waals surface area (Å²) in [6, 6.07) is 17.6. The number of aromatic amines is 1. The highest BCUT2D eigenvalue weighted by atomic mass is 32.2. The van der Waals surface area contributed by atoms with Gasteiger partial charge < -0.3 is 25.0 Å². The third kappa shape index (κ3) is 5.26. The summed E-state index contributed by atoms with van der Waals surface area (Å²) in [5, 5.41) is 10.7. The molecule has 0 radical (unpaired) electrons. The number of hydrogen-bond acceptors (Lipinski definition) is 6. The molecule has 0 atom stereocenters. The van der Waals surface area contributed by atoms with Crippen molar-refractivity contribution < 1.29 is 27.9 Å². The number of hydrogen-bond donors (Lipinski definition) is 3. The molecule has 1 aromatic heterocycles. The maximum absolute atomic E-state index is 13.3. The molecule has 5 rings (SSSR count). The molecule has 10 nitrogen and oxygen atoms in total. The van der Waals surface area contributed by atoms with Crippen molar-refractivity contribution in [3.63, 3.8) is 0 Å². The first kappa shape index (κ1) is 24.3. The molecular formula is C26H24N4O6S. The monoisotopic (exact) mass is 520 g/mol. The van der Waals surface area contributed by atoms with Gasteiger partial charge in [0.15, 0.2) is 9.84 Å². The molecule has 0 saturated heterocycles. The Hall–Kier alpha value is -4.38. The van der Waals surface area contributed by atoms with Crippen LogP contribution in [0, 0.1) is 0 Å². The first-order chi connectivity index (χ1) is 17.8. The summed E-state index contributed by atoms with van der Waals surface area (Å²) >= 11 is 0. The SMILES string of the molecule is O=C(O)NCCS(=O)(=O)c1ccc(C(=O)N2CCOc3ccc(-c4ccc5nc[nH]c5c4)cc3C2)cc1. The summed E-state index contributed by atoms with van der Waals surface area (Å²) in [5.74, 6) is 0.109. The van der Waals surface area contributed by atoms with Crippen molar-refractivity contribution in [2.75, 3.05) is 25.4 Å². The minimum absolute atomic E-state index is 0.0275. The van der Waals surface area contributed by atoms with Gasteiger partial charge in [0, 0.05) is 24.2 Å². The quantitative estimate of drug-likeness (QED) is 0.354. The maximum Gasteiger partial charge on any atom is 0.404 e. The molecule has 0 spiro atoms. The van der Waals surface area contributed by atoms with Gasteiger partial charge in [-0.3, -0.25) is 4.79 Å². The highest BCUT2D eigenvalue weighted by molar-refractivity contribution is 7.91. The lowest BCUT2D eigenvalue weighted by Gasteiger charge is -2.20. The molecule has 0 aliphatic carbocycles. The Balaban J connectivity index is 1.33. The second-order valence-electron chi connectivity index (χ2n) is 8.61. The molecule has 3 aromatic carbocycles. The number of aromatic nitrogens is 2. The molecule has 37 heavy (non-hydrogen) atoms. The Morgan fingerprint density at radius 3 is 2.59 bits per heavy atom. The number of rotatable bonds is 6. The van der Waals surface area contributed by atoms with Crippen LogP contribution in [0.3, 0.4) is 0 Å². The molecule has 2 heterocycles. The zero-order chi connectivity index (χ0) is 26.0. The van der Waals surface area contributed by atoms with Crippen LogP contribution in [0.25, 0.3) is 22.2 Å². The number of amides is 2. The van der Waals surface area contributed by atoms with E-state index >= 15 is 0 Å². The van der Waals surface area contributed by atoms with E-state index in [1.807, 2.05) is 41.7 Å². The van der Waals surface area contributed by atoms with Crippen molar-refractivity contribution in [1.82, 2.24) is 20.2 Å². The average molecular weight is 521 g/mol. The van der Waals surface area contributed by atoms with Crippen LogP contribution in [0.4, 0.5) is 4.79 Å². The molecule has 0 fully saturated rings. The number of ether oxygens (including phenoxy) is 1. The summed E-state index contributed by atoms with van der Waals surface area (Å²) in [6.45, 7) is 0.837. The van der Waals surface area contributed by atoms with E-state index in [-0.39, 0.29) is 23.1 Å². The molecule has 0 saturated carbocycles. The van der Waals surface area contributed by atoms with Crippen LogP contribution >= 0.6 is 0 Å². The van der Waals surface area contributed by atoms with Gasteiger partial charge in [-0.05, 0) is 59.7 Å². The zero-order valence-corrected chi connectivity index (χ0v) is 20.5. The Kier molecular flexibility index (Phi) is 6.53. The van der Waals surface area contributed by atoms with Crippen molar-refractivity contribution in [3.05, 3.63) is 78.1 Å². The number of nitrogens with one attached hydrogen (secondary N) is 2. The Bertz CT molecular complexity index is 1580. The maximum atomic E-state index is 13.3. The highest BCUT2D eigenvalue weighted by Crippen LogP contribution is 2.31. The van der Waals surface area contributed by atoms with Crippen molar-refractivity contribution in [3.8, 4) is 16.9 Å². The van der Waals surface area contributed by atoms with E-state index in [9.17, 15) is 18.0 Å². The third-order valence-corrected chi connectivity index (χ3v) is 7.92. The van der Waals surface area contributed by atoms with E-state index in [1.165, 1.54) is 24.3 Å². The Morgan fingerprint density at radius 1 is 1.05 bits per heavy atom. The number of imidazole rings is 1. The summed E-state index contributed by atoms with van der Waals surface area (Å²) < 4.78 is 30.8. The van der Waals surface area contributed by atoms with Gasteiger partial charge in [-0.1, -0.05) is 12.1 Å². The van der Waals surface area contributed by atoms with E-state index in [2.05, 4.69) is 9.97 Å². The van der Waals surface area contributed by atoms with E-state index in [0.29, 0.717) is 25.3 Å². The molecule has 4 aromatic rings. The number of sulfone groups is 1. The molecule has 1 aliphatic heterocycles. The largest absolute Gasteiger partial charge is 0.491 e. The minimum atomic E-state index is -3.69. The van der Waals surface area contributed by atoms with Crippen LogP contribution in [0.1, 0.15) is 15.9 Å². The van der Waals surface area contributed by atoms with Gasteiger partial charge in [0.25, 0.3) is 5.91 Å². The van der Waals surface area contributed by atoms with Crippen LogP contribution in [-0.4, -0.2) is 65.8 Å². The van der Waals surface area contributed by atoms with Crippen LogP contribution in [-0.2, 0) is 16.4 Å². The fraction of sp³-hybridized carbons (Fsp3) is 0.192. The summed E-state index contributed by atoms with van der Waals surface area (Å²) in [5.41, 5.74) is 5.04. The zero-order valence-electron chi connectivity index (χ0n) is 19.7. The second kappa shape index (κ2) is 9.94. The fourth-order valence-electron chi connectivity index (χ4n) is 4.26.